The van der Waals surface area contributed by atoms with E-state index in [2.05, 4.69) is 18.9 Å². The third kappa shape index (κ3) is 2.72. The molecule has 1 aromatic heterocycles. The molecule has 102 valence electrons. The molecule has 1 aromatic rings. The zero-order valence-corrected chi connectivity index (χ0v) is 12.5. The molecule has 0 aromatic carbocycles. The van der Waals surface area contributed by atoms with Crippen LogP contribution in [0.5, 0.6) is 0 Å². The molecule has 0 amide bonds. The van der Waals surface area contributed by atoms with Crippen LogP contribution in [0.4, 0.5) is 0 Å². The summed E-state index contributed by atoms with van der Waals surface area (Å²) in [5, 5.41) is 15.7. The van der Waals surface area contributed by atoms with E-state index >= 15 is 0 Å². The molecule has 1 aliphatic rings. The van der Waals surface area contributed by atoms with Crippen molar-refractivity contribution in [2.75, 3.05) is 0 Å². The van der Waals surface area contributed by atoms with E-state index in [9.17, 15) is 5.11 Å². The van der Waals surface area contributed by atoms with Crippen LogP contribution in [0, 0.1) is 12.3 Å². The molecule has 3 nitrogen and oxygen atoms in total. The lowest BCUT2D eigenvalue weighted by Crippen LogP contribution is -2.38. The van der Waals surface area contributed by atoms with Crippen molar-refractivity contribution in [2.24, 2.45) is 12.5 Å². The summed E-state index contributed by atoms with van der Waals surface area (Å²) in [5.41, 5.74) is 1.69. The molecule has 1 saturated carbocycles. The minimum atomic E-state index is -0.604. The third-order valence-corrected chi connectivity index (χ3v) is 4.78. The number of halogens is 1. The first-order chi connectivity index (χ1) is 8.22. The topological polar surface area (TPSA) is 38.0 Å². The highest BCUT2D eigenvalue weighted by Crippen LogP contribution is 2.42. The number of hydrogen-bond donors (Lipinski definition) is 1. The Morgan fingerprint density at radius 2 is 1.83 bits per heavy atom. The molecule has 1 aliphatic carbocycles. The van der Waals surface area contributed by atoms with Gasteiger partial charge in [-0.3, -0.25) is 4.68 Å². The van der Waals surface area contributed by atoms with Crippen LogP contribution in [0.15, 0.2) is 0 Å². The zero-order valence-electron chi connectivity index (χ0n) is 11.8. The van der Waals surface area contributed by atoms with Gasteiger partial charge in [0.15, 0.2) is 0 Å². The third-order valence-electron chi connectivity index (χ3n) is 4.31. The molecule has 1 N–H and O–H groups in total. The van der Waals surface area contributed by atoms with Crippen LogP contribution < -0.4 is 0 Å². The number of aromatic nitrogens is 2. The monoisotopic (exact) mass is 270 g/mol. The van der Waals surface area contributed by atoms with Crippen molar-refractivity contribution in [3.05, 3.63) is 16.4 Å². The normalized spacial score (nSPS) is 22.1. The standard InChI is InChI=1S/C14H23ClN2O/c1-10-11(12(15)17(4)16-10)9-14(18)7-5-13(2,3)6-8-14/h18H,5-9H2,1-4H3. The smallest absolute Gasteiger partial charge is 0.130 e. The van der Waals surface area contributed by atoms with Gasteiger partial charge in [0.1, 0.15) is 5.15 Å². The molecular weight excluding hydrogens is 248 g/mol. The van der Waals surface area contributed by atoms with Gasteiger partial charge in [-0.1, -0.05) is 25.4 Å². The van der Waals surface area contributed by atoms with Crippen LogP contribution in [0.1, 0.15) is 50.8 Å². The Kier molecular flexibility index (Phi) is 3.50. The van der Waals surface area contributed by atoms with Crippen LogP contribution >= 0.6 is 11.6 Å². The molecule has 0 spiro atoms. The number of rotatable bonds is 2. The van der Waals surface area contributed by atoms with Crippen LogP contribution in [0.25, 0.3) is 0 Å². The molecule has 4 heteroatoms. The lowest BCUT2D eigenvalue weighted by atomic mass is 9.69. The summed E-state index contributed by atoms with van der Waals surface area (Å²) >= 11 is 6.24. The average Bonchev–Trinajstić information content (AvgIpc) is 2.51. The van der Waals surface area contributed by atoms with E-state index in [0.717, 1.165) is 36.9 Å². The van der Waals surface area contributed by atoms with Gasteiger partial charge in [-0.2, -0.15) is 5.10 Å². The largest absolute Gasteiger partial charge is 0.390 e. The van der Waals surface area contributed by atoms with E-state index in [1.807, 2.05) is 14.0 Å². The van der Waals surface area contributed by atoms with Gasteiger partial charge in [0.25, 0.3) is 0 Å². The lowest BCUT2D eigenvalue weighted by Gasteiger charge is -2.40. The van der Waals surface area contributed by atoms with Crippen LogP contribution in [-0.2, 0) is 13.5 Å². The molecular formula is C14H23ClN2O. The van der Waals surface area contributed by atoms with Gasteiger partial charge in [-0.25, -0.2) is 0 Å². The predicted molar refractivity (Wildman–Crippen MR) is 73.9 cm³/mol. The first-order valence-electron chi connectivity index (χ1n) is 6.63. The molecule has 18 heavy (non-hydrogen) atoms. The maximum Gasteiger partial charge on any atom is 0.130 e. The molecule has 0 atom stereocenters. The van der Waals surface area contributed by atoms with E-state index in [1.165, 1.54) is 0 Å². The van der Waals surface area contributed by atoms with Crippen molar-refractivity contribution in [1.82, 2.24) is 9.78 Å². The molecule has 0 unspecified atom stereocenters. The quantitative estimate of drug-likeness (QED) is 0.896. The minimum absolute atomic E-state index is 0.361. The van der Waals surface area contributed by atoms with Gasteiger partial charge < -0.3 is 5.11 Å². The van der Waals surface area contributed by atoms with Gasteiger partial charge >= 0.3 is 0 Å². The van der Waals surface area contributed by atoms with Crippen molar-refractivity contribution < 1.29 is 5.11 Å². The molecule has 0 saturated heterocycles. The second kappa shape index (κ2) is 4.53. The van der Waals surface area contributed by atoms with Gasteiger partial charge in [-0.15, -0.1) is 0 Å². The highest BCUT2D eigenvalue weighted by Gasteiger charge is 2.37. The second-order valence-corrected chi connectivity index (χ2v) is 6.90. The molecule has 2 rings (SSSR count). The SMILES string of the molecule is Cc1nn(C)c(Cl)c1CC1(O)CCC(C)(C)CC1. The summed E-state index contributed by atoms with van der Waals surface area (Å²) in [6.45, 7) is 6.50. The number of aliphatic hydroxyl groups is 1. The molecule has 1 fully saturated rings. The number of aryl methyl sites for hydroxylation is 2. The average molecular weight is 271 g/mol. The molecule has 0 aliphatic heterocycles. The Hall–Kier alpha value is -0.540. The summed E-state index contributed by atoms with van der Waals surface area (Å²) in [7, 11) is 1.84. The van der Waals surface area contributed by atoms with Crippen molar-refractivity contribution in [1.29, 1.82) is 0 Å². The Morgan fingerprint density at radius 3 is 2.28 bits per heavy atom. The van der Waals surface area contributed by atoms with E-state index in [-0.39, 0.29) is 0 Å². The molecule has 1 heterocycles. The fourth-order valence-corrected chi connectivity index (χ4v) is 3.01. The first kappa shape index (κ1) is 13.9. The Labute approximate surface area is 114 Å². The first-order valence-corrected chi connectivity index (χ1v) is 7.01. The zero-order chi connectivity index (χ0) is 13.6. The van der Waals surface area contributed by atoms with Crippen molar-refractivity contribution in [3.63, 3.8) is 0 Å². The van der Waals surface area contributed by atoms with E-state index in [0.29, 0.717) is 17.0 Å². The fraction of sp³-hybridized carbons (Fsp3) is 0.786. The van der Waals surface area contributed by atoms with E-state index < -0.39 is 5.60 Å². The Balaban J connectivity index is 2.14. The van der Waals surface area contributed by atoms with E-state index in [1.54, 1.807) is 4.68 Å². The van der Waals surface area contributed by atoms with Crippen molar-refractivity contribution in [2.45, 2.75) is 58.5 Å². The minimum Gasteiger partial charge on any atom is -0.390 e. The summed E-state index contributed by atoms with van der Waals surface area (Å²) in [6, 6.07) is 0. The number of nitrogens with zero attached hydrogens (tertiary/aromatic N) is 2. The van der Waals surface area contributed by atoms with Gasteiger partial charge in [0.05, 0.1) is 11.3 Å². The van der Waals surface area contributed by atoms with E-state index in [4.69, 9.17) is 11.6 Å². The predicted octanol–water partition coefficient (Wildman–Crippen LogP) is 3.26. The maximum absolute atomic E-state index is 10.7. The molecule has 0 bridgehead atoms. The summed E-state index contributed by atoms with van der Waals surface area (Å²) in [4.78, 5) is 0. The Bertz CT molecular complexity index is 441. The van der Waals surface area contributed by atoms with Crippen molar-refractivity contribution in [3.8, 4) is 0 Å². The summed E-state index contributed by atoms with van der Waals surface area (Å²) in [5.74, 6) is 0. The van der Waals surface area contributed by atoms with Crippen LogP contribution in [0.3, 0.4) is 0 Å². The van der Waals surface area contributed by atoms with Crippen LogP contribution in [-0.4, -0.2) is 20.5 Å². The summed E-state index contributed by atoms with van der Waals surface area (Å²) < 4.78 is 1.68. The van der Waals surface area contributed by atoms with Gasteiger partial charge in [-0.05, 0) is 38.0 Å². The molecule has 0 radical (unpaired) electrons. The van der Waals surface area contributed by atoms with Gasteiger partial charge in [0, 0.05) is 19.0 Å². The van der Waals surface area contributed by atoms with Gasteiger partial charge in [0.2, 0.25) is 0 Å². The lowest BCUT2D eigenvalue weighted by molar-refractivity contribution is -0.0252. The number of hydrogen-bond acceptors (Lipinski definition) is 2. The van der Waals surface area contributed by atoms with Crippen molar-refractivity contribution >= 4 is 11.6 Å². The Morgan fingerprint density at radius 1 is 1.28 bits per heavy atom. The second-order valence-electron chi connectivity index (χ2n) is 6.54. The van der Waals surface area contributed by atoms with Crippen LogP contribution in [0.2, 0.25) is 5.15 Å². The highest BCUT2D eigenvalue weighted by molar-refractivity contribution is 6.30. The maximum atomic E-state index is 10.7. The fourth-order valence-electron chi connectivity index (χ4n) is 2.77. The highest BCUT2D eigenvalue weighted by atomic mass is 35.5. The summed E-state index contributed by atoms with van der Waals surface area (Å²) in [6.07, 6.45) is 4.47.